The van der Waals surface area contributed by atoms with E-state index in [4.69, 9.17) is 0 Å². The van der Waals surface area contributed by atoms with Gasteiger partial charge in [-0.05, 0) is 54.9 Å². The lowest BCUT2D eigenvalue weighted by Gasteiger charge is -2.23. The topological polar surface area (TPSA) is 34.0 Å². The number of nitrogens with zero attached hydrogens (tertiary/aromatic N) is 4. The van der Waals surface area contributed by atoms with Crippen molar-refractivity contribution in [3.05, 3.63) is 72.2 Å². The van der Waals surface area contributed by atoms with E-state index in [9.17, 15) is 4.39 Å². The van der Waals surface area contributed by atoms with Crippen LogP contribution in [0, 0.1) is 11.2 Å². The first-order chi connectivity index (χ1) is 12.7. The van der Waals surface area contributed by atoms with E-state index in [2.05, 4.69) is 25.5 Å². The fourth-order valence-electron chi connectivity index (χ4n) is 4.47. The maximum atomic E-state index is 13.2. The molecule has 132 valence electrons. The minimum absolute atomic E-state index is 0.202. The summed E-state index contributed by atoms with van der Waals surface area (Å²) in [5.74, 6) is 0.955. The maximum absolute atomic E-state index is 13.2. The van der Waals surface area contributed by atoms with Crippen LogP contribution in [0.4, 0.5) is 4.39 Å². The van der Waals surface area contributed by atoms with Crippen molar-refractivity contribution in [1.82, 2.24) is 19.4 Å². The molecule has 5 heteroatoms. The monoisotopic (exact) mass is 348 g/mol. The Morgan fingerprint density at radius 1 is 1.04 bits per heavy atom. The molecule has 0 saturated carbocycles. The van der Waals surface area contributed by atoms with E-state index in [0.29, 0.717) is 0 Å². The van der Waals surface area contributed by atoms with Gasteiger partial charge in [-0.25, -0.2) is 9.37 Å². The van der Waals surface area contributed by atoms with E-state index in [1.165, 1.54) is 18.6 Å². The molecule has 0 N–H and O–H groups in total. The highest BCUT2D eigenvalue weighted by atomic mass is 19.1. The molecule has 0 unspecified atom stereocenters. The van der Waals surface area contributed by atoms with E-state index < -0.39 is 0 Å². The molecule has 0 bridgehead atoms. The number of aromatic nitrogens is 3. The van der Waals surface area contributed by atoms with Crippen molar-refractivity contribution >= 4 is 0 Å². The van der Waals surface area contributed by atoms with Crippen LogP contribution in [0.3, 0.4) is 0 Å². The summed E-state index contributed by atoms with van der Waals surface area (Å²) in [7, 11) is 0. The van der Waals surface area contributed by atoms with Gasteiger partial charge in [0.2, 0.25) is 0 Å². The predicted octanol–water partition coefficient (Wildman–Crippen LogP) is 3.53. The first-order valence-corrected chi connectivity index (χ1v) is 9.13. The zero-order valence-electron chi connectivity index (χ0n) is 14.6. The number of likely N-dealkylation sites (tertiary alicyclic amines) is 1. The lowest BCUT2D eigenvalue weighted by molar-refractivity contribution is 0.245. The number of hydrogen-bond donors (Lipinski definition) is 0. The Balaban J connectivity index is 1.34. The van der Waals surface area contributed by atoms with Crippen LogP contribution in [-0.4, -0.2) is 32.5 Å². The molecule has 2 aromatic heterocycles. The minimum atomic E-state index is -0.202. The molecule has 0 amide bonds. The second-order valence-corrected chi connectivity index (χ2v) is 7.61. The zero-order chi connectivity index (χ0) is 17.6. The Kier molecular flexibility index (Phi) is 3.64. The second kappa shape index (κ2) is 6.02. The van der Waals surface area contributed by atoms with E-state index in [-0.39, 0.29) is 11.2 Å². The highest BCUT2D eigenvalue weighted by Crippen LogP contribution is 2.42. The average Bonchev–Trinajstić information content (AvgIpc) is 3.32. The fraction of sp³-hybridized carbons (Fsp3) is 0.333. The largest absolute Gasteiger partial charge is 0.327 e. The highest BCUT2D eigenvalue weighted by molar-refractivity contribution is 5.59. The van der Waals surface area contributed by atoms with Gasteiger partial charge in [-0.15, -0.1) is 0 Å². The van der Waals surface area contributed by atoms with Gasteiger partial charge < -0.3 is 4.57 Å². The van der Waals surface area contributed by atoms with Crippen LogP contribution < -0.4 is 0 Å². The Bertz CT molecular complexity index is 919. The standard InChI is InChI=1S/C21H21FN4/c22-17-6-4-16(5-7-17)19-12-24-20-11-21(15-26(19)20)8-10-25(14-21)13-18-3-1-2-9-23-18/h1-7,9,12H,8,10-11,13-15H2/t21-/m0/s1. The number of imidazole rings is 1. The van der Waals surface area contributed by atoms with Gasteiger partial charge in [0.15, 0.2) is 0 Å². The maximum Gasteiger partial charge on any atom is 0.123 e. The molecule has 2 aliphatic heterocycles. The Morgan fingerprint density at radius 2 is 1.92 bits per heavy atom. The smallest absolute Gasteiger partial charge is 0.123 e. The normalized spacial score (nSPS) is 22.2. The zero-order valence-corrected chi connectivity index (χ0v) is 14.6. The summed E-state index contributed by atoms with van der Waals surface area (Å²) >= 11 is 0. The van der Waals surface area contributed by atoms with Crippen LogP contribution in [0.2, 0.25) is 0 Å². The predicted molar refractivity (Wildman–Crippen MR) is 97.9 cm³/mol. The number of halogens is 1. The minimum Gasteiger partial charge on any atom is -0.327 e. The molecule has 3 aromatic rings. The van der Waals surface area contributed by atoms with Crippen LogP contribution in [0.1, 0.15) is 17.9 Å². The van der Waals surface area contributed by atoms with Crippen molar-refractivity contribution < 1.29 is 4.39 Å². The molecule has 1 fully saturated rings. The van der Waals surface area contributed by atoms with Crippen molar-refractivity contribution in [1.29, 1.82) is 0 Å². The Labute approximate surface area is 152 Å². The van der Waals surface area contributed by atoms with E-state index in [1.54, 1.807) is 0 Å². The van der Waals surface area contributed by atoms with Crippen LogP contribution in [0.15, 0.2) is 54.9 Å². The molecule has 0 radical (unpaired) electrons. The molecule has 26 heavy (non-hydrogen) atoms. The Hall–Kier alpha value is -2.53. The molecule has 0 aliphatic carbocycles. The third-order valence-electron chi connectivity index (χ3n) is 5.73. The molecular weight excluding hydrogens is 327 g/mol. The van der Waals surface area contributed by atoms with Gasteiger partial charge in [-0.3, -0.25) is 9.88 Å². The molecule has 1 atom stereocenters. The molecule has 4 nitrogen and oxygen atoms in total. The molecular formula is C21H21FN4. The Morgan fingerprint density at radius 3 is 2.73 bits per heavy atom. The number of rotatable bonds is 3. The summed E-state index contributed by atoms with van der Waals surface area (Å²) < 4.78 is 15.6. The highest BCUT2D eigenvalue weighted by Gasteiger charge is 2.44. The molecule has 2 aliphatic rings. The van der Waals surface area contributed by atoms with Gasteiger partial charge in [0.1, 0.15) is 11.6 Å². The number of pyridine rings is 1. The van der Waals surface area contributed by atoms with Crippen LogP contribution in [-0.2, 0) is 19.5 Å². The van der Waals surface area contributed by atoms with Gasteiger partial charge in [0.25, 0.3) is 0 Å². The van der Waals surface area contributed by atoms with Crippen molar-refractivity contribution in [3.8, 4) is 11.3 Å². The molecule has 1 aromatic carbocycles. The molecule has 4 heterocycles. The molecule has 1 saturated heterocycles. The SMILES string of the molecule is Fc1ccc(-c2cnc3n2C[C@@]2(CCN(Cc4ccccn4)C2)C3)cc1. The first kappa shape index (κ1) is 15.7. The van der Waals surface area contributed by atoms with E-state index >= 15 is 0 Å². The quantitative estimate of drug-likeness (QED) is 0.726. The van der Waals surface area contributed by atoms with Gasteiger partial charge in [0.05, 0.1) is 17.6 Å². The van der Waals surface area contributed by atoms with Crippen molar-refractivity contribution in [2.75, 3.05) is 13.1 Å². The molecule has 5 rings (SSSR count). The second-order valence-electron chi connectivity index (χ2n) is 7.61. The van der Waals surface area contributed by atoms with E-state index in [1.807, 2.05) is 36.7 Å². The summed E-state index contributed by atoms with van der Waals surface area (Å²) in [6, 6.07) is 12.8. The van der Waals surface area contributed by atoms with E-state index in [0.717, 1.165) is 55.4 Å². The van der Waals surface area contributed by atoms with Gasteiger partial charge in [-0.2, -0.15) is 0 Å². The first-order valence-electron chi connectivity index (χ1n) is 9.13. The van der Waals surface area contributed by atoms with Gasteiger partial charge in [-0.1, -0.05) is 6.07 Å². The lowest BCUT2D eigenvalue weighted by atomic mass is 9.86. The summed E-state index contributed by atoms with van der Waals surface area (Å²) in [5.41, 5.74) is 3.53. The number of hydrogen-bond acceptors (Lipinski definition) is 3. The number of benzene rings is 1. The van der Waals surface area contributed by atoms with Gasteiger partial charge in [0, 0.05) is 37.7 Å². The summed E-state index contributed by atoms with van der Waals surface area (Å²) in [6.45, 7) is 4.09. The van der Waals surface area contributed by atoms with Crippen LogP contribution >= 0.6 is 0 Å². The van der Waals surface area contributed by atoms with Crippen LogP contribution in [0.25, 0.3) is 11.3 Å². The van der Waals surface area contributed by atoms with Crippen molar-refractivity contribution in [2.24, 2.45) is 5.41 Å². The average molecular weight is 348 g/mol. The number of fused-ring (bicyclic) bond motifs is 1. The molecule has 1 spiro atoms. The van der Waals surface area contributed by atoms with Crippen LogP contribution in [0.5, 0.6) is 0 Å². The summed E-state index contributed by atoms with van der Waals surface area (Å²) in [4.78, 5) is 11.6. The van der Waals surface area contributed by atoms with Crippen molar-refractivity contribution in [3.63, 3.8) is 0 Å². The summed E-state index contributed by atoms with van der Waals surface area (Å²) in [5, 5.41) is 0. The third kappa shape index (κ3) is 2.72. The summed E-state index contributed by atoms with van der Waals surface area (Å²) in [6.07, 6.45) is 6.00. The van der Waals surface area contributed by atoms with Crippen molar-refractivity contribution in [2.45, 2.75) is 25.9 Å². The van der Waals surface area contributed by atoms with Gasteiger partial charge >= 0.3 is 0 Å². The third-order valence-corrected chi connectivity index (χ3v) is 5.73. The fourth-order valence-corrected chi connectivity index (χ4v) is 4.47. The lowest BCUT2D eigenvalue weighted by Crippen LogP contribution is -2.28.